The second-order valence-electron chi connectivity index (χ2n) is 7.34. The lowest BCUT2D eigenvalue weighted by Gasteiger charge is -2.10. The zero-order valence-electron chi connectivity index (χ0n) is 17.3. The number of nitrogens with one attached hydrogen (secondary N) is 2. The molecule has 0 saturated carbocycles. The van der Waals surface area contributed by atoms with Crippen molar-refractivity contribution in [2.45, 2.75) is 13.3 Å². The Hall–Kier alpha value is -4.33. The summed E-state index contributed by atoms with van der Waals surface area (Å²) in [6.45, 7) is 2.17. The number of aromatic nitrogens is 2. The van der Waals surface area contributed by atoms with Gasteiger partial charge in [0.1, 0.15) is 0 Å². The Kier molecular flexibility index (Phi) is 5.17. The van der Waals surface area contributed by atoms with E-state index in [2.05, 4.69) is 20.8 Å². The molecule has 0 saturated heterocycles. The molecule has 0 fully saturated rings. The average molecular weight is 428 g/mol. The molecule has 0 spiro atoms. The summed E-state index contributed by atoms with van der Waals surface area (Å²) < 4.78 is 16.6. The van der Waals surface area contributed by atoms with Crippen molar-refractivity contribution in [1.29, 1.82) is 0 Å². The van der Waals surface area contributed by atoms with Crippen LogP contribution in [-0.4, -0.2) is 23.0 Å². The molecule has 8 nitrogen and oxygen atoms in total. The predicted octanol–water partition coefficient (Wildman–Crippen LogP) is 5.01. The summed E-state index contributed by atoms with van der Waals surface area (Å²) in [6.07, 6.45) is 0.473. The molecule has 2 amide bonds. The van der Waals surface area contributed by atoms with Crippen LogP contribution in [0.1, 0.15) is 17.0 Å². The summed E-state index contributed by atoms with van der Waals surface area (Å²) in [5.41, 5.74) is 4.04. The lowest BCUT2D eigenvalue weighted by molar-refractivity contribution is 0.174. The summed E-state index contributed by atoms with van der Waals surface area (Å²) in [7, 11) is 0. The van der Waals surface area contributed by atoms with Gasteiger partial charge in [-0.25, -0.2) is 4.79 Å². The SMILES string of the molecule is Cc1ccccc1NC(=O)Nc1cccc(-c2nnc(Cc3ccc4c(c3)OCO4)o2)c1. The number of carbonyl (C=O) groups is 1. The molecule has 0 unspecified atom stereocenters. The fraction of sp³-hybridized carbons (Fsp3) is 0.125. The number of carbonyl (C=O) groups excluding carboxylic acids is 1. The first kappa shape index (κ1) is 19.6. The molecule has 3 aromatic carbocycles. The van der Waals surface area contributed by atoms with E-state index in [0.29, 0.717) is 35.2 Å². The molecule has 5 rings (SSSR count). The van der Waals surface area contributed by atoms with E-state index in [1.165, 1.54) is 0 Å². The molecule has 32 heavy (non-hydrogen) atoms. The van der Waals surface area contributed by atoms with E-state index in [1.807, 2.05) is 61.5 Å². The van der Waals surface area contributed by atoms with E-state index in [0.717, 1.165) is 22.6 Å². The molecule has 2 heterocycles. The molecule has 0 aliphatic carbocycles. The van der Waals surface area contributed by atoms with Crippen molar-refractivity contribution in [3.8, 4) is 23.0 Å². The first-order valence-corrected chi connectivity index (χ1v) is 10.1. The maximum Gasteiger partial charge on any atom is 0.323 e. The number of para-hydroxylation sites is 1. The summed E-state index contributed by atoms with van der Waals surface area (Å²) in [6, 6.07) is 20.2. The third-order valence-electron chi connectivity index (χ3n) is 5.02. The molecular weight excluding hydrogens is 408 g/mol. The van der Waals surface area contributed by atoms with Crippen molar-refractivity contribution in [3.63, 3.8) is 0 Å². The van der Waals surface area contributed by atoms with Gasteiger partial charge in [0.05, 0.1) is 6.42 Å². The van der Waals surface area contributed by atoms with Crippen LogP contribution >= 0.6 is 0 Å². The van der Waals surface area contributed by atoms with Crippen LogP contribution in [0.25, 0.3) is 11.5 Å². The van der Waals surface area contributed by atoms with Crippen LogP contribution in [-0.2, 0) is 6.42 Å². The molecule has 0 bridgehead atoms. The Morgan fingerprint density at radius 2 is 1.81 bits per heavy atom. The minimum Gasteiger partial charge on any atom is -0.454 e. The fourth-order valence-electron chi connectivity index (χ4n) is 3.40. The summed E-state index contributed by atoms with van der Waals surface area (Å²) in [5, 5.41) is 14.0. The number of rotatable bonds is 5. The topological polar surface area (TPSA) is 98.5 Å². The summed E-state index contributed by atoms with van der Waals surface area (Å²) in [5.74, 6) is 2.30. The molecule has 1 aliphatic heterocycles. The average Bonchev–Trinajstić information content (AvgIpc) is 3.45. The van der Waals surface area contributed by atoms with Crippen molar-refractivity contribution in [3.05, 3.63) is 83.7 Å². The highest BCUT2D eigenvalue weighted by molar-refractivity contribution is 6.00. The number of anilines is 2. The van der Waals surface area contributed by atoms with Gasteiger partial charge in [0.25, 0.3) is 0 Å². The van der Waals surface area contributed by atoms with Gasteiger partial charge in [0.2, 0.25) is 18.6 Å². The first-order chi connectivity index (χ1) is 15.6. The highest BCUT2D eigenvalue weighted by Gasteiger charge is 2.15. The van der Waals surface area contributed by atoms with Crippen LogP contribution in [0.5, 0.6) is 11.5 Å². The van der Waals surface area contributed by atoms with Gasteiger partial charge >= 0.3 is 6.03 Å². The molecule has 1 aromatic heterocycles. The highest BCUT2D eigenvalue weighted by atomic mass is 16.7. The highest BCUT2D eigenvalue weighted by Crippen LogP contribution is 2.33. The van der Waals surface area contributed by atoms with Crippen LogP contribution in [0.2, 0.25) is 0 Å². The number of urea groups is 1. The molecule has 4 aromatic rings. The van der Waals surface area contributed by atoms with Gasteiger partial charge in [-0.15, -0.1) is 10.2 Å². The summed E-state index contributed by atoms with van der Waals surface area (Å²) >= 11 is 0. The Balaban J connectivity index is 1.27. The van der Waals surface area contributed by atoms with Crippen molar-refractivity contribution in [2.75, 3.05) is 17.4 Å². The van der Waals surface area contributed by atoms with Crippen molar-refractivity contribution >= 4 is 17.4 Å². The number of nitrogens with zero attached hydrogens (tertiary/aromatic N) is 2. The molecule has 160 valence electrons. The number of benzene rings is 3. The van der Waals surface area contributed by atoms with Gasteiger partial charge in [0.15, 0.2) is 11.5 Å². The maximum atomic E-state index is 12.4. The first-order valence-electron chi connectivity index (χ1n) is 10.1. The van der Waals surface area contributed by atoms with Crippen molar-refractivity contribution < 1.29 is 18.7 Å². The third kappa shape index (κ3) is 4.24. The van der Waals surface area contributed by atoms with Gasteiger partial charge in [-0.05, 0) is 54.4 Å². The van der Waals surface area contributed by atoms with Crippen LogP contribution in [0.3, 0.4) is 0 Å². The van der Waals surface area contributed by atoms with E-state index in [1.54, 1.807) is 12.1 Å². The third-order valence-corrected chi connectivity index (χ3v) is 5.02. The van der Waals surface area contributed by atoms with Crippen LogP contribution in [0.4, 0.5) is 16.2 Å². The number of hydrogen-bond donors (Lipinski definition) is 2. The van der Waals surface area contributed by atoms with E-state index in [9.17, 15) is 4.79 Å². The molecule has 8 heteroatoms. The van der Waals surface area contributed by atoms with Gasteiger partial charge < -0.3 is 24.5 Å². The minimum absolute atomic E-state index is 0.233. The van der Waals surface area contributed by atoms with E-state index in [4.69, 9.17) is 13.9 Å². The minimum atomic E-state index is -0.328. The van der Waals surface area contributed by atoms with Crippen LogP contribution in [0.15, 0.2) is 71.1 Å². The van der Waals surface area contributed by atoms with Crippen LogP contribution < -0.4 is 20.1 Å². The number of ether oxygens (including phenoxy) is 2. The second-order valence-corrected chi connectivity index (χ2v) is 7.34. The van der Waals surface area contributed by atoms with Gasteiger partial charge in [-0.3, -0.25) is 0 Å². The van der Waals surface area contributed by atoms with Crippen LogP contribution in [0, 0.1) is 6.92 Å². The van der Waals surface area contributed by atoms with Crippen molar-refractivity contribution in [2.24, 2.45) is 0 Å². The zero-order valence-corrected chi connectivity index (χ0v) is 17.3. The Bertz CT molecular complexity index is 1280. The molecular formula is C24H20N4O4. The number of amides is 2. The number of fused-ring (bicyclic) bond motifs is 1. The van der Waals surface area contributed by atoms with Gasteiger partial charge in [-0.2, -0.15) is 0 Å². The lowest BCUT2D eigenvalue weighted by atomic mass is 10.1. The Labute approximate surface area is 184 Å². The standard InChI is InChI=1S/C24H20N4O4/c1-15-5-2-3-8-19(15)26-24(29)25-18-7-4-6-17(13-18)23-28-27-22(32-23)12-16-9-10-20-21(11-16)31-14-30-20/h2-11,13H,12,14H2,1H3,(H2,25,26,29). The zero-order chi connectivity index (χ0) is 21.9. The molecule has 0 radical (unpaired) electrons. The lowest BCUT2D eigenvalue weighted by Crippen LogP contribution is -2.19. The molecule has 0 atom stereocenters. The van der Waals surface area contributed by atoms with Gasteiger partial charge in [0, 0.05) is 16.9 Å². The maximum absolute atomic E-state index is 12.4. The molecule has 2 N–H and O–H groups in total. The second kappa shape index (κ2) is 8.43. The quantitative estimate of drug-likeness (QED) is 0.464. The smallest absolute Gasteiger partial charge is 0.323 e. The predicted molar refractivity (Wildman–Crippen MR) is 119 cm³/mol. The largest absolute Gasteiger partial charge is 0.454 e. The number of hydrogen-bond acceptors (Lipinski definition) is 6. The number of aryl methyl sites for hydroxylation is 1. The van der Waals surface area contributed by atoms with Crippen molar-refractivity contribution in [1.82, 2.24) is 10.2 Å². The normalized spacial score (nSPS) is 11.9. The van der Waals surface area contributed by atoms with E-state index < -0.39 is 0 Å². The fourth-order valence-corrected chi connectivity index (χ4v) is 3.40. The summed E-state index contributed by atoms with van der Waals surface area (Å²) in [4.78, 5) is 12.4. The van der Waals surface area contributed by atoms with Gasteiger partial charge in [-0.1, -0.05) is 30.3 Å². The Morgan fingerprint density at radius 1 is 0.938 bits per heavy atom. The monoisotopic (exact) mass is 428 g/mol. The molecule has 1 aliphatic rings. The van der Waals surface area contributed by atoms with E-state index in [-0.39, 0.29) is 12.8 Å². The Morgan fingerprint density at radius 3 is 2.72 bits per heavy atom. The van der Waals surface area contributed by atoms with E-state index >= 15 is 0 Å².